The first kappa shape index (κ1) is 62.8. The van der Waals surface area contributed by atoms with E-state index in [1.165, 1.54) is 51.0 Å². The molecule has 1 saturated heterocycles. The van der Waals surface area contributed by atoms with Crippen LogP contribution in [0.25, 0.3) is 0 Å². The van der Waals surface area contributed by atoms with Crippen molar-refractivity contribution in [2.24, 2.45) is 5.92 Å². The van der Waals surface area contributed by atoms with Crippen LogP contribution in [0.2, 0.25) is 0 Å². The van der Waals surface area contributed by atoms with E-state index in [0.717, 1.165) is 87.3 Å². The minimum Gasteiger partial charge on any atom is -0.462 e. The molecule has 400 valence electrons. The Labute approximate surface area is 414 Å². The lowest BCUT2D eigenvalue weighted by molar-refractivity contribution is -0.161. The summed E-state index contributed by atoms with van der Waals surface area (Å²) in [5, 5.41) is 29.7. The van der Waals surface area contributed by atoms with Gasteiger partial charge < -0.3 is 45.1 Å². The molecule has 70 heavy (non-hydrogen) atoms. The van der Waals surface area contributed by atoms with Gasteiger partial charge in [0.25, 0.3) is 0 Å². The number of unbranched alkanes of at least 4 members (excludes halogenated alkanes) is 13. The zero-order valence-corrected chi connectivity index (χ0v) is 43.2. The Hall–Kier alpha value is -3.32. The molecule has 7 N–H and O–H groups in total. The molecule has 2 heterocycles. The Morgan fingerprint density at radius 3 is 1.90 bits per heavy atom. The summed E-state index contributed by atoms with van der Waals surface area (Å²) < 4.78 is 56.7. The Kier molecular flexibility index (Phi) is 33.6. The van der Waals surface area contributed by atoms with Crippen LogP contribution in [0.1, 0.15) is 168 Å². The molecular formula is C49H83N3O16P2. The number of hydrogen-bond donors (Lipinski definition) is 6. The van der Waals surface area contributed by atoms with E-state index in [9.17, 15) is 43.5 Å². The Morgan fingerprint density at radius 1 is 0.757 bits per heavy atom. The fourth-order valence-electron chi connectivity index (χ4n) is 7.20. The number of anilines is 1. The number of carbonyl (C=O) groups excluding carboxylic acids is 2. The first-order valence-electron chi connectivity index (χ1n) is 25.2. The van der Waals surface area contributed by atoms with E-state index in [-0.39, 0.29) is 25.3 Å². The van der Waals surface area contributed by atoms with Gasteiger partial charge in [-0.25, -0.2) is 13.9 Å². The van der Waals surface area contributed by atoms with Gasteiger partial charge in [-0.15, -0.1) is 0 Å². The number of nitrogen functional groups attached to an aromatic ring is 1. The van der Waals surface area contributed by atoms with Crippen LogP contribution >= 0.6 is 15.6 Å². The third kappa shape index (κ3) is 29.9. The van der Waals surface area contributed by atoms with Crippen LogP contribution in [0.5, 0.6) is 0 Å². The summed E-state index contributed by atoms with van der Waals surface area (Å²) in [5.41, 5.74) is 4.58. The maximum atomic E-state index is 12.8. The molecule has 8 atom stereocenters. The number of ether oxygens (including phenoxy) is 3. The molecule has 2 rings (SSSR count). The summed E-state index contributed by atoms with van der Waals surface area (Å²) in [6.45, 7) is 2.41. The molecule has 0 spiro atoms. The van der Waals surface area contributed by atoms with Crippen LogP contribution in [-0.4, -0.2) is 97.4 Å². The summed E-state index contributed by atoms with van der Waals surface area (Å²) in [6, 6.07) is 1.24. The van der Waals surface area contributed by atoms with E-state index >= 15 is 0 Å². The first-order valence-corrected chi connectivity index (χ1v) is 28.1. The number of allylic oxidation sites excluding steroid dienone is 8. The molecule has 1 aromatic heterocycles. The molecule has 0 bridgehead atoms. The van der Waals surface area contributed by atoms with Crippen molar-refractivity contribution in [2.75, 3.05) is 32.2 Å². The molecule has 1 aliphatic rings. The first-order chi connectivity index (χ1) is 33.6. The Morgan fingerprint density at radius 2 is 1.30 bits per heavy atom. The van der Waals surface area contributed by atoms with Gasteiger partial charge in [0.2, 0.25) is 0 Å². The molecule has 21 heteroatoms. The van der Waals surface area contributed by atoms with Gasteiger partial charge in [-0.05, 0) is 69.8 Å². The Bertz CT molecular complexity index is 1880. The highest BCUT2D eigenvalue weighted by Crippen LogP contribution is 2.60. The van der Waals surface area contributed by atoms with Gasteiger partial charge in [0.15, 0.2) is 12.3 Å². The van der Waals surface area contributed by atoms with E-state index in [1.54, 1.807) is 0 Å². The number of phosphoric ester groups is 2. The predicted octanol–water partition coefficient (Wildman–Crippen LogP) is 9.00. The quantitative estimate of drug-likeness (QED) is 0.0154. The number of nitrogens with zero attached hydrogens (tertiary/aromatic N) is 2. The van der Waals surface area contributed by atoms with Crippen molar-refractivity contribution < 1.29 is 71.4 Å². The van der Waals surface area contributed by atoms with Crippen LogP contribution in [0.4, 0.5) is 5.82 Å². The van der Waals surface area contributed by atoms with Gasteiger partial charge in [0.05, 0.1) is 13.2 Å². The molecule has 1 aromatic rings. The highest BCUT2D eigenvalue weighted by atomic mass is 31.3. The summed E-state index contributed by atoms with van der Waals surface area (Å²) >= 11 is 0. The van der Waals surface area contributed by atoms with E-state index < -0.39 is 83.7 Å². The highest BCUT2D eigenvalue weighted by molar-refractivity contribution is 7.61. The molecule has 0 aliphatic carbocycles. The van der Waals surface area contributed by atoms with Crippen LogP contribution < -0.4 is 11.4 Å². The molecular weight excluding hydrogens is 948 g/mol. The van der Waals surface area contributed by atoms with Crippen molar-refractivity contribution in [2.45, 2.75) is 192 Å². The van der Waals surface area contributed by atoms with Crippen molar-refractivity contribution in [1.82, 2.24) is 9.55 Å². The smallest absolute Gasteiger partial charge is 0.462 e. The third-order valence-corrected chi connectivity index (χ3v) is 14.1. The lowest BCUT2D eigenvalue weighted by Crippen LogP contribution is -2.36. The summed E-state index contributed by atoms with van der Waals surface area (Å²) in [6.07, 6.45) is 30.8. The number of esters is 2. The van der Waals surface area contributed by atoms with Crippen molar-refractivity contribution >= 4 is 33.4 Å². The average Bonchev–Trinajstić information content (AvgIpc) is 3.59. The maximum Gasteiger partial charge on any atom is 0.481 e. The Balaban J connectivity index is 1.83. The summed E-state index contributed by atoms with van der Waals surface area (Å²) in [7, 11) is -10.9. The van der Waals surface area contributed by atoms with E-state index in [4.69, 9.17) is 34.1 Å². The minimum absolute atomic E-state index is 0.0331. The van der Waals surface area contributed by atoms with Crippen LogP contribution in [0.3, 0.4) is 0 Å². The molecule has 0 amide bonds. The standard InChI is InChI=1S/C49H83N3O16P2/c1-3-40(2)31-27-23-19-15-12-13-17-21-25-29-33-45(55)66-41(37-63-44(54)32-28-24-20-16-11-9-7-5-4-6-8-10-14-18-22-26-30-36-53)38-64-69(59,60)68-70(61,62)65-39-42-46(56)47(57)48(67-42)52-35-34-43(50)51-49(52)58/h4,6-7,9-10,14,16,20,34-35,40-42,46-48,53,56-57H,3,5,8,11-13,15,17-19,21-33,36-39H2,1-2H3,(H,59,60)(H,61,62)(H2,50,51,58)/b6-4-,9-7-,14-10-,20-16-/t40?,41-,42-,46-,47-,48-/m1/s1. The number of aliphatic hydroxyl groups is 3. The van der Waals surface area contributed by atoms with Crippen LogP contribution in [0, 0.1) is 5.92 Å². The predicted molar refractivity (Wildman–Crippen MR) is 267 cm³/mol. The zero-order chi connectivity index (χ0) is 51.5. The second-order valence-electron chi connectivity index (χ2n) is 17.6. The number of nitrogens with two attached hydrogens (primary N) is 1. The summed E-state index contributed by atoms with van der Waals surface area (Å²) in [4.78, 5) is 61.8. The van der Waals surface area contributed by atoms with Crippen molar-refractivity contribution in [3.8, 4) is 0 Å². The lowest BCUT2D eigenvalue weighted by atomic mass is 9.99. The number of carbonyl (C=O) groups is 2. The van der Waals surface area contributed by atoms with Gasteiger partial charge in [-0.2, -0.15) is 9.29 Å². The third-order valence-electron chi connectivity index (χ3n) is 11.5. The molecule has 0 saturated carbocycles. The second-order valence-corrected chi connectivity index (χ2v) is 20.7. The fourth-order valence-corrected chi connectivity index (χ4v) is 9.31. The van der Waals surface area contributed by atoms with E-state index in [1.807, 2.05) is 12.2 Å². The molecule has 1 aliphatic heterocycles. The minimum atomic E-state index is -5.44. The van der Waals surface area contributed by atoms with E-state index in [2.05, 4.69) is 59.6 Å². The topological polar surface area (TPSA) is 286 Å². The van der Waals surface area contributed by atoms with Gasteiger partial charge >= 0.3 is 33.3 Å². The highest BCUT2D eigenvalue weighted by Gasteiger charge is 2.46. The normalized spacial score (nSPS) is 20.1. The monoisotopic (exact) mass is 1030 g/mol. The molecule has 19 nitrogen and oxygen atoms in total. The lowest BCUT2D eigenvalue weighted by Gasteiger charge is -2.21. The largest absolute Gasteiger partial charge is 0.481 e. The van der Waals surface area contributed by atoms with Crippen LogP contribution in [-0.2, 0) is 46.3 Å². The fraction of sp³-hybridized carbons (Fsp3) is 0.714. The zero-order valence-electron chi connectivity index (χ0n) is 41.4. The SMILES string of the molecule is CCC(C)CCCCCCCCCCCCC(=O)O[C@H](COC(=O)CCC/C=C\C/C=C\C/C=C\C/C=C\CCCCCO)COP(=O)(O)OP(=O)(O)OC[C@H]1O[C@@H](n2ccc(N)nc2=O)[C@H](O)[C@@H]1O. The van der Waals surface area contributed by atoms with Gasteiger partial charge in [-0.3, -0.25) is 23.2 Å². The number of aliphatic hydroxyl groups excluding tert-OH is 3. The van der Waals surface area contributed by atoms with Crippen molar-refractivity contribution in [3.63, 3.8) is 0 Å². The number of hydrogen-bond acceptors (Lipinski definition) is 16. The van der Waals surface area contributed by atoms with Gasteiger partial charge in [-0.1, -0.05) is 140 Å². The number of rotatable bonds is 41. The summed E-state index contributed by atoms with van der Waals surface area (Å²) in [5.74, 6) is -0.588. The molecule has 0 radical (unpaired) electrons. The van der Waals surface area contributed by atoms with Gasteiger partial charge in [0, 0.05) is 25.6 Å². The number of aromatic nitrogens is 2. The van der Waals surface area contributed by atoms with Crippen molar-refractivity contribution in [3.05, 3.63) is 71.4 Å². The van der Waals surface area contributed by atoms with Gasteiger partial charge in [0.1, 0.15) is 30.7 Å². The second kappa shape index (κ2) is 37.4. The van der Waals surface area contributed by atoms with Crippen molar-refractivity contribution in [1.29, 1.82) is 0 Å². The van der Waals surface area contributed by atoms with E-state index in [0.29, 0.717) is 19.3 Å². The average molecular weight is 1030 g/mol. The number of phosphoric acid groups is 2. The van der Waals surface area contributed by atoms with Crippen LogP contribution in [0.15, 0.2) is 65.7 Å². The maximum absolute atomic E-state index is 12.8. The molecule has 3 unspecified atom stereocenters. The molecule has 0 aromatic carbocycles. The molecule has 1 fully saturated rings.